The number of allylic oxidation sites excluding steroid dienone is 3. The SMILES string of the molecule is C[C@@]12C(=CC(=O)C=C1OP(=O)([O-])[O-])CC[C@@H]1[C@@H]2[C@@H](O)C[C@@]2(C)[C@H]1CC[C@]2(O)C(=O)CO.[Na+].[Na+]. The van der Waals surface area contributed by atoms with Gasteiger partial charge in [-0.15, -0.1) is 0 Å². The van der Waals surface area contributed by atoms with Gasteiger partial charge in [0.25, 0.3) is 0 Å². The molecule has 12 heteroatoms. The van der Waals surface area contributed by atoms with E-state index in [1.54, 1.807) is 13.8 Å². The van der Waals surface area contributed by atoms with Crippen LogP contribution in [-0.4, -0.2) is 45.2 Å². The Hall–Kier alpha value is 0.650. The second kappa shape index (κ2) is 9.84. The molecule has 0 aromatic carbocycles. The predicted molar refractivity (Wildman–Crippen MR) is 103 cm³/mol. The number of ketones is 2. The van der Waals surface area contributed by atoms with Crippen LogP contribution in [0.1, 0.15) is 46.0 Å². The van der Waals surface area contributed by atoms with Crippen LogP contribution in [0, 0.1) is 28.6 Å². The van der Waals surface area contributed by atoms with E-state index in [0.717, 1.165) is 6.08 Å². The number of carbonyl (C=O) groups is 2. The van der Waals surface area contributed by atoms with Gasteiger partial charge < -0.3 is 34.2 Å². The fourth-order valence-electron chi connectivity index (χ4n) is 7.24. The monoisotopic (exact) mass is 500 g/mol. The summed E-state index contributed by atoms with van der Waals surface area (Å²) in [6.45, 7) is 2.64. The average Bonchev–Trinajstić information content (AvgIpc) is 2.92. The van der Waals surface area contributed by atoms with Crippen LogP contribution in [0.5, 0.6) is 0 Å². The molecule has 3 saturated carbocycles. The maximum Gasteiger partial charge on any atom is 1.00 e. The first-order chi connectivity index (χ1) is 14.3. The van der Waals surface area contributed by atoms with Gasteiger partial charge in [-0.2, -0.15) is 0 Å². The summed E-state index contributed by atoms with van der Waals surface area (Å²) in [6, 6.07) is 0. The summed E-state index contributed by atoms with van der Waals surface area (Å²) in [5.41, 5.74) is -3.30. The molecule has 4 rings (SSSR count). The second-order valence-electron chi connectivity index (χ2n) is 9.83. The van der Waals surface area contributed by atoms with Crippen molar-refractivity contribution in [2.45, 2.75) is 57.7 Å². The van der Waals surface area contributed by atoms with Gasteiger partial charge in [-0.3, -0.25) is 9.59 Å². The van der Waals surface area contributed by atoms with Crippen molar-refractivity contribution < 1.29 is 103 Å². The molecule has 0 saturated heterocycles. The molecule has 0 heterocycles. The molecule has 0 aliphatic heterocycles. The van der Waals surface area contributed by atoms with Crippen molar-refractivity contribution in [2.75, 3.05) is 6.61 Å². The van der Waals surface area contributed by atoms with E-state index in [-0.39, 0.29) is 89.6 Å². The molecule has 0 unspecified atom stereocenters. The van der Waals surface area contributed by atoms with E-state index in [1.165, 1.54) is 6.08 Å². The second-order valence-corrected chi connectivity index (χ2v) is 10.9. The molecule has 4 aliphatic carbocycles. The van der Waals surface area contributed by atoms with Crippen LogP contribution in [0.4, 0.5) is 0 Å². The number of carbonyl (C=O) groups excluding carboxylic acids is 2. The van der Waals surface area contributed by atoms with Crippen LogP contribution < -0.4 is 68.9 Å². The number of phosphoric acid groups is 1. The van der Waals surface area contributed by atoms with Gasteiger partial charge in [0.1, 0.15) is 25.8 Å². The van der Waals surface area contributed by atoms with Gasteiger partial charge in [-0.1, -0.05) is 12.5 Å². The van der Waals surface area contributed by atoms with E-state index >= 15 is 0 Å². The Balaban J connectivity index is 0.00000193. The number of fused-ring (bicyclic) bond motifs is 5. The van der Waals surface area contributed by atoms with Gasteiger partial charge in [-0.25, -0.2) is 0 Å². The van der Waals surface area contributed by atoms with E-state index in [4.69, 9.17) is 4.52 Å². The van der Waals surface area contributed by atoms with Crippen molar-refractivity contribution in [2.24, 2.45) is 28.6 Å². The standard InChI is InChI=1S/C21H29O9P.2Na/c1-19-9-15(24)18-13(14(19)5-6-21(19,26)16(25)10-22)4-3-11-7-12(23)8-17(20(11,18)2)30-31(27,28)29;;/h7-8,13-15,18,22,24,26H,3-6,9-10H2,1-2H3,(H2,27,28,29);;/q;2*+1/p-2/t13-,14-,15-,18+,19-,20+,21-;;/m0../s1. The van der Waals surface area contributed by atoms with E-state index in [9.17, 15) is 39.3 Å². The van der Waals surface area contributed by atoms with Gasteiger partial charge in [0.05, 0.1) is 11.5 Å². The van der Waals surface area contributed by atoms with Crippen LogP contribution >= 0.6 is 7.82 Å². The van der Waals surface area contributed by atoms with Crippen molar-refractivity contribution in [3.63, 3.8) is 0 Å². The summed E-state index contributed by atoms with van der Waals surface area (Å²) >= 11 is 0. The molecule has 0 radical (unpaired) electrons. The number of rotatable bonds is 4. The summed E-state index contributed by atoms with van der Waals surface area (Å²) in [7, 11) is -5.45. The molecule has 4 aliphatic rings. The quantitative estimate of drug-likeness (QED) is 0.251. The minimum absolute atomic E-state index is 0. The van der Waals surface area contributed by atoms with Crippen molar-refractivity contribution >= 4 is 19.4 Å². The minimum Gasteiger partial charge on any atom is -0.780 e. The molecular formula is C21H27Na2O9P. The van der Waals surface area contributed by atoms with Crippen LogP contribution in [0.15, 0.2) is 23.5 Å². The van der Waals surface area contributed by atoms with E-state index in [0.29, 0.717) is 24.8 Å². The molecule has 0 aromatic heterocycles. The molecule has 172 valence electrons. The number of Topliss-reactive ketones (excluding diaryl/α,β-unsaturated/α-hetero) is 1. The fraction of sp³-hybridized carbons (Fsp3) is 0.714. The maximum absolute atomic E-state index is 12.4. The third kappa shape index (κ3) is 4.49. The van der Waals surface area contributed by atoms with Crippen molar-refractivity contribution in [3.8, 4) is 0 Å². The Morgan fingerprint density at radius 3 is 2.45 bits per heavy atom. The van der Waals surface area contributed by atoms with Gasteiger partial charge >= 0.3 is 59.1 Å². The van der Waals surface area contributed by atoms with Gasteiger partial charge in [0, 0.05) is 17.4 Å². The normalized spacial score (nSPS) is 41.8. The molecule has 0 bridgehead atoms. The van der Waals surface area contributed by atoms with Crippen LogP contribution in [-0.2, 0) is 18.7 Å². The van der Waals surface area contributed by atoms with Crippen LogP contribution in [0.2, 0.25) is 0 Å². The van der Waals surface area contributed by atoms with Gasteiger partial charge in [0.15, 0.2) is 11.6 Å². The van der Waals surface area contributed by atoms with E-state index < -0.39 is 54.4 Å². The molecular weight excluding hydrogens is 473 g/mol. The minimum atomic E-state index is -5.45. The van der Waals surface area contributed by atoms with Crippen molar-refractivity contribution in [1.29, 1.82) is 0 Å². The summed E-state index contributed by atoms with van der Waals surface area (Å²) in [6.07, 6.45) is 3.06. The number of aliphatic hydroxyl groups is 3. The fourth-order valence-corrected chi connectivity index (χ4v) is 7.72. The zero-order valence-corrected chi connectivity index (χ0v) is 24.3. The molecule has 9 nitrogen and oxygen atoms in total. The third-order valence-corrected chi connectivity index (χ3v) is 9.02. The smallest absolute Gasteiger partial charge is 0.780 e. The summed E-state index contributed by atoms with van der Waals surface area (Å²) < 4.78 is 16.2. The van der Waals surface area contributed by atoms with Crippen LogP contribution in [0.25, 0.3) is 0 Å². The summed E-state index contributed by atoms with van der Waals surface area (Å²) in [5.74, 6) is -2.38. The van der Waals surface area contributed by atoms with E-state index in [2.05, 4.69) is 0 Å². The average molecular weight is 500 g/mol. The van der Waals surface area contributed by atoms with Crippen molar-refractivity contribution in [3.05, 3.63) is 23.5 Å². The first-order valence-corrected chi connectivity index (χ1v) is 12.0. The Bertz CT molecular complexity index is 946. The van der Waals surface area contributed by atoms with Crippen LogP contribution in [0.3, 0.4) is 0 Å². The third-order valence-electron chi connectivity index (χ3n) is 8.60. The van der Waals surface area contributed by atoms with Gasteiger partial charge in [0.2, 0.25) is 0 Å². The molecule has 0 aromatic rings. The zero-order chi connectivity index (χ0) is 23.0. The summed E-state index contributed by atoms with van der Waals surface area (Å²) in [4.78, 5) is 47.4. The number of aliphatic hydroxyl groups excluding tert-OH is 2. The van der Waals surface area contributed by atoms with Gasteiger partial charge in [-0.05, 0) is 56.9 Å². The van der Waals surface area contributed by atoms with Crippen molar-refractivity contribution in [1.82, 2.24) is 0 Å². The number of phosphoric ester groups is 1. The maximum atomic E-state index is 12.4. The topological polar surface area (TPSA) is 167 Å². The molecule has 0 amide bonds. The first-order valence-electron chi connectivity index (χ1n) is 10.5. The Morgan fingerprint density at radius 2 is 1.88 bits per heavy atom. The molecule has 3 fully saturated rings. The van der Waals surface area contributed by atoms with E-state index in [1.807, 2.05) is 0 Å². The molecule has 7 atom stereocenters. The summed E-state index contributed by atoms with van der Waals surface area (Å²) in [5, 5.41) is 31.9. The molecule has 3 N–H and O–H groups in total. The number of hydrogen-bond donors (Lipinski definition) is 3. The Labute approximate surface area is 236 Å². The Kier molecular flexibility index (Phi) is 8.91. The predicted octanol–water partition coefficient (Wildman–Crippen LogP) is -6.26. The first kappa shape index (κ1) is 29.9. The molecule has 33 heavy (non-hydrogen) atoms. The molecule has 0 spiro atoms. The number of hydrogen-bond acceptors (Lipinski definition) is 9. The Morgan fingerprint density at radius 1 is 1.24 bits per heavy atom. The zero-order valence-electron chi connectivity index (χ0n) is 19.4. The largest absolute Gasteiger partial charge is 1.00 e.